The first-order chi connectivity index (χ1) is 15.7. The minimum absolute atomic E-state index is 0.0589. The van der Waals surface area contributed by atoms with Crippen molar-refractivity contribution in [2.24, 2.45) is 0 Å². The highest BCUT2D eigenvalue weighted by atomic mass is 16.5. The summed E-state index contributed by atoms with van der Waals surface area (Å²) >= 11 is 0. The van der Waals surface area contributed by atoms with Gasteiger partial charge in [0.25, 0.3) is 5.91 Å². The Labute approximate surface area is 190 Å². The number of allylic oxidation sites excluding steroid dienone is 1. The Morgan fingerprint density at radius 1 is 0.969 bits per heavy atom. The zero-order valence-corrected chi connectivity index (χ0v) is 18.7. The van der Waals surface area contributed by atoms with Gasteiger partial charge >= 0.3 is 0 Å². The summed E-state index contributed by atoms with van der Waals surface area (Å²) in [7, 11) is 0. The van der Waals surface area contributed by atoms with Crippen molar-refractivity contribution in [2.75, 3.05) is 13.2 Å². The smallest absolute Gasteiger partial charge is 0.251 e. The second-order valence-electron chi connectivity index (χ2n) is 8.17. The molecule has 3 aromatic carbocycles. The summed E-state index contributed by atoms with van der Waals surface area (Å²) in [4.78, 5) is 12.7. The molecule has 0 aliphatic heterocycles. The second kappa shape index (κ2) is 10.9. The van der Waals surface area contributed by atoms with E-state index in [0.29, 0.717) is 25.3 Å². The molecule has 0 fully saturated rings. The van der Waals surface area contributed by atoms with Crippen LogP contribution in [0.2, 0.25) is 0 Å². The monoisotopic (exact) mass is 429 g/mol. The van der Waals surface area contributed by atoms with Crippen LogP contribution in [0.25, 0.3) is 10.8 Å². The predicted molar refractivity (Wildman–Crippen MR) is 129 cm³/mol. The number of benzene rings is 3. The maximum absolute atomic E-state index is 12.7. The third-order valence-electron chi connectivity index (χ3n) is 5.85. The molecule has 0 saturated heterocycles. The third-order valence-corrected chi connectivity index (χ3v) is 5.85. The number of nitrogens with one attached hydrogen (secondary N) is 1. The first kappa shape index (κ1) is 21.9. The van der Waals surface area contributed by atoms with Crippen molar-refractivity contribution in [3.63, 3.8) is 0 Å². The first-order valence-electron chi connectivity index (χ1n) is 11.6. The molecule has 0 heterocycles. The van der Waals surface area contributed by atoms with Gasteiger partial charge in [-0.3, -0.25) is 4.79 Å². The van der Waals surface area contributed by atoms with Crippen molar-refractivity contribution < 1.29 is 14.3 Å². The van der Waals surface area contributed by atoms with Crippen LogP contribution in [0.3, 0.4) is 0 Å². The van der Waals surface area contributed by atoms with E-state index in [0.717, 1.165) is 35.3 Å². The Balaban J connectivity index is 1.42. The molecule has 4 heteroatoms. The van der Waals surface area contributed by atoms with Crippen LogP contribution in [0.15, 0.2) is 72.3 Å². The van der Waals surface area contributed by atoms with E-state index in [9.17, 15) is 4.79 Å². The van der Waals surface area contributed by atoms with Crippen LogP contribution in [0.4, 0.5) is 0 Å². The van der Waals surface area contributed by atoms with Crippen LogP contribution < -0.4 is 14.8 Å². The lowest BCUT2D eigenvalue weighted by Gasteiger charge is -2.15. The van der Waals surface area contributed by atoms with Gasteiger partial charge in [0.05, 0.1) is 6.61 Å². The molecule has 1 N–H and O–H groups in total. The fourth-order valence-corrected chi connectivity index (χ4v) is 4.12. The van der Waals surface area contributed by atoms with Gasteiger partial charge < -0.3 is 14.8 Å². The molecule has 0 radical (unpaired) electrons. The van der Waals surface area contributed by atoms with Crippen molar-refractivity contribution in [3.05, 3.63) is 83.4 Å². The number of amides is 1. The van der Waals surface area contributed by atoms with Gasteiger partial charge in [0, 0.05) is 17.7 Å². The first-order valence-corrected chi connectivity index (χ1v) is 11.6. The highest BCUT2D eigenvalue weighted by Gasteiger charge is 2.12. The van der Waals surface area contributed by atoms with E-state index >= 15 is 0 Å². The average Bonchev–Trinajstić information content (AvgIpc) is 2.84. The Morgan fingerprint density at radius 2 is 1.84 bits per heavy atom. The minimum atomic E-state index is -0.0589. The zero-order chi connectivity index (χ0) is 22.2. The molecule has 32 heavy (non-hydrogen) atoms. The Hall–Kier alpha value is -3.27. The average molecular weight is 430 g/mol. The van der Waals surface area contributed by atoms with Crippen LogP contribution in [0.5, 0.6) is 11.5 Å². The van der Waals surface area contributed by atoms with Gasteiger partial charge in [0.2, 0.25) is 0 Å². The molecule has 1 aliphatic carbocycles. The number of hydrogen-bond acceptors (Lipinski definition) is 3. The van der Waals surface area contributed by atoms with Crippen molar-refractivity contribution in [1.82, 2.24) is 5.32 Å². The number of rotatable bonds is 9. The van der Waals surface area contributed by atoms with Crippen molar-refractivity contribution in [1.29, 1.82) is 0 Å². The minimum Gasteiger partial charge on any atom is -0.493 e. The molecule has 1 aliphatic rings. The molecule has 0 aromatic heterocycles. The van der Waals surface area contributed by atoms with Crippen LogP contribution in [-0.2, 0) is 6.61 Å². The summed E-state index contributed by atoms with van der Waals surface area (Å²) < 4.78 is 11.8. The number of carbonyl (C=O) groups is 1. The van der Waals surface area contributed by atoms with Gasteiger partial charge in [-0.25, -0.2) is 0 Å². The predicted octanol–water partition coefficient (Wildman–Crippen LogP) is 6.44. The summed E-state index contributed by atoms with van der Waals surface area (Å²) in [6, 6.07) is 19.8. The van der Waals surface area contributed by atoms with Gasteiger partial charge in [-0.15, -0.1) is 0 Å². The van der Waals surface area contributed by atoms with Gasteiger partial charge in [0.15, 0.2) is 0 Å². The van der Waals surface area contributed by atoms with Crippen molar-refractivity contribution >= 4 is 16.7 Å². The molecule has 166 valence electrons. The van der Waals surface area contributed by atoms with E-state index in [2.05, 4.69) is 29.6 Å². The fraction of sp³-hybridized carbons (Fsp3) is 0.321. The number of ether oxygens (including phenoxy) is 2. The number of hydrogen-bond donors (Lipinski definition) is 1. The summed E-state index contributed by atoms with van der Waals surface area (Å²) in [6.45, 7) is 3.51. The lowest BCUT2D eigenvalue weighted by molar-refractivity contribution is 0.0954. The molecule has 4 nitrogen and oxygen atoms in total. The lowest BCUT2D eigenvalue weighted by Crippen LogP contribution is -2.25. The zero-order valence-electron chi connectivity index (χ0n) is 18.7. The number of fused-ring (bicyclic) bond motifs is 1. The van der Waals surface area contributed by atoms with Crippen molar-refractivity contribution in [2.45, 2.75) is 45.6 Å². The molecule has 0 unspecified atom stereocenters. The highest BCUT2D eigenvalue weighted by Crippen LogP contribution is 2.25. The number of carbonyl (C=O) groups excluding carboxylic acids is 1. The summed E-state index contributed by atoms with van der Waals surface area (Å²) in [5, 5.41) is 5.37. The standard InChI is InChI=1S/C28H31NO3/c1-2-31-27-15-13-24(28(30)29-17-16-21-8-4-3-5-9-21)18-25(27)20-32-26-14-12-22-10-6-7-11-23(22)19-26/h6-8,10-15,18-19H,2-5,9,16-17,20H2,1H3,(H,29,30). The molecule has 0 atom stereocenters. The van der Waals surface area contributed by atoms with Gasteiger partial charge in [-0.1, -0.05) is 42.0 Å². The molecule has 3 aromatic rings. The molecule has 1 amide bonds. The third kappa shape index (κ3) is 5.70. The van der Waals surface area contributed by atoms with E-state index in [1.165, 1.54) is 30.2 Å². The topological polar surface area (TPSA) is 47.6 Å². The normalized spacial score (nSPS) is 13.5. The second-order valence-corrected chi connectivity index (χ2v) is 8.17. The van der Waals surface area contributed by atoms with E-state index in [1.54, 1.807) is 0 Å². The molecular weight excluding hydrogens is 398 g/mol. The largest absolute Gasteiger partial charge is 0.493 e. The van der Waals surface area contributed by atoms with E-state index < -0.39 is 0 Å². The van der Waals surface area contributed by atoms with Crippen molar-refractivity contribution in [3.8, 4) is 11.5 Å². The SMILES string of the molecule is CCOc1ccc(C(=O)NCCC2=CCCCC2)cc1COc1ccc2ccccc2c1. The van der Waals surface area contributed by atoms with Crippen LogP contribution in [0, 0.1) is 0 Å². The van der Waals surface area contributed by atoms with Gasteiger partial charge in [-0.05, 0) is 80.1 Å². The van der Waals surface area contributed by atoms with Crippen LogP contribution in [-0.4, -0.2) is 19.1 Å². The maximum Gasteiger partial charge on any atom is 0.251 e. The van der Waals surface area contributed by atoms with Crippen LogP contribution in [0.1, 0.15) is 54.9 Å². The quantitative estimate of drug-likeness (QED) is 0.398. The van der Waals surface area contributed by atoms with E-state index in [-0.39, 0.29) is 5.91 Å². The molecule has 0 bridgehead atoms. The molecule has 0 saturated carbocycles. The fourth-order valence-electron chi connectivity index (χ4n) is 4.12. The summed E-state index contributed by atoms with van der Waals surface area (Å²) in [5.41, 5.74) is 2.96. The van der Waals surface area contributed by atoms with Gasteiger partial charge in [-0.2, -0.15) is 0 Å². The lowest BCUT2D eigenvalue weighted by atomic mass is 9.97. The molecule has 4 rings (SSSR count). The Kier molecular flexibility index (Phi) is 7.44. The molecule has 0 spiro atoms. The highest BCUT2D eigenvalue weighted by molar-refractivity contribution is 5.94. The maximum atomic E-state index is 12.7. The Morgan fingerprint density at radius 3 is 2.66 bits per heavy atom. The summed E-state index contributed by atoms with van der Waals surface area (Å²) in [6.07, 6.45) is 8.14. The Bertz CT molecular complexity index is 1100. The van der Waals surface area contributed by atoms with E-state index in [1.807, 2.05) is 49.4 Å². The summed E-state index contributed by atoms with van der Waals surface area (Å²) in [5.74, 6) is 1.48. The van der Waals surface area contributed by atoms with Gasteiger partial charge in [0.1, 0.15) is 18.1 Å². The van der Waals surface area contributed by atoms with Crippen LogP contribution >= 0.6 is 0 Å². The molecular formula is C28H31NO3. The van der Waals surface area contributed by atoms with E-state index in [4.69, 9.17) is 9.47 Å².